The number of nitrogens with zero attached hydrogens (tertiary/aromatic N) is 4. The molecule has 4 heterocycles. The van der Waals surface area contributed by atoms with E-state index in [1.165, 1.54) is 0 Å². The molecule has 0 radical (unpaired) electrons. The number of carbonyl (C=O) groups is 3. The summed E-state index contributed by atoms with van der Waals surface area (Å²) >= 11 is 5.23. The molecule has 14 heteroatoms. The molecule has 0 aromatic heterocycles. The largest absolute Gasteiger partial charge is 0.494 e. The van der Waals surface area contributed by atoms with Gasteiger partial charge in [0.1, 0.15) is 24.7 Å². The third-order valence-corrected chi connectivity index (χ3v) is 13.1. The number of methoxy groups -OCH3 is 1. The topological polar surface area (TPSA) is 131 Å². The van der Waals surface area contributed by atoms with E-state index in [9.17, 15) is 14.4 Å². The van der Waals surface area contributed by atoms with Gasteiger partial charge < -0.3 is 24.3 Å². The number of fused-ring (bicyclic) bond motifs is 8. The first-order valence-electron chi connectivity index (χ1n) is 21.5. The third kappa shape index (κ3) is 9.02. The van der Waals surface area contributed by atoms with Crippen molar-refractivity contribution in [3.05, 3.63) is 130 Å². The van der Waals surface area contributed by atoms with Crippen LogP contribution in [-0.4, -0.2) is 74.5 Å². The first-order valence-corrected chi connectivity index (χ1v) is 24.2. The lowest BCUT2D eigenvalue weighted by Gasteiger charge is -2.22. The minimum Gasteiger partial charge on any atom is -0.494 e. The van der Waals surface area contributed by atoms with Gasteiger partial charge in [-0.15, -0.1) is 9.45 Å². The Labute approximate surface area is 379 Å². The lowest BCUT2D eigenvalue weighted by atomic mass is 10.1. The Morgan fingerprint density at radius 1 is 0.750 bits per heavy atom. The molecular formula is C50H49N5O7S2. The summed E-state index contributed by atoms with van der Waals surface area (Å²) in [5, 5.41) is 2.95. The first kappa shape index (κ1) is 42.9. The molecular weight excluding hydrogens is 847 g/mol. The molecule has 4 aliphatic heterocycles. The van der Waals surface area contributed by atoms with Gasteiger partial charge >= 0.3 is 0 Å². The van der Waals surface area contributed by atoms with Crippen molar-refractivity contribution in [1.82, 2.24) is 5.32 Å². The second-order valence-electron chi connectivity index (χ2n) is 16.4. The van der Waals surface area contributed by atoms with Gasteiger partial charge in [-0.1, -0.05) is 47.6 Å². The summed E-state index contributed by atoms with van der Waals surface area (Å²) in [7, 11) is 1.42. The Bertz CT molecular complexity index is 2740. The Hall–Kier alpha value is -6.38. The fraction of sp³-hybridized carbons (Fsp3) is 0.300. The van der Waals surface area contributed by atoms with Gasteiger partial charge in [0.15, 0.2) is 11.5 Å². The number of anilines is 2. The van der Waals surface area contributed by atoms with Crippen molar-refractivity contribution < 1.29 is 33.3 Å². The molecule has 0 saturated heterocycles. The summed E-state index contributed by atoms with van der Waals surface area (Å²) in [5.74, 6) is 2.70. The van der Waals surface area contributed by atoms with Gasteiger partial charge in [-0.3, -0.25) is 34.2 Å². The molecule has 5 aromatic carbocycles. The van der Waals surface area contributed by atoms with Gasteiger partial charge in [-0.25, -0.2) is 0 Å². The summed E-state index contributed by atoms with van der Waals surface area (Å²) in [6.45, 7) is 3.29. The number of para-hydroxylation sites is 2. The van der Waals surface area contributed by atoms with Gasteiger partial charge in [0, 0.05) is 67.5 Å². The van der Waals surface area contributed by atoms with Crippen LogP contribution in [0.25, 0.3) is 0 Å². The molecule has 12 nitrogen and oxygen atoms in total. The van der Waals surface area contributed by atoms with Crippen LogP contribution in [0.15, 0.2) is 101 Å². The van der Waals surface area contributed by atoms with E-state index < -0.39 is 0 Å². The number of aryl methyl sites for hydroxylation is 1. The quantitative estimate of drug-likeness (QED) is 0.0984. The molecule has 0 saturated carbocycles. The van der Waals surface area contributed by atoms with Crippen molar-refractivity contribution in [3.8, 4) is 23.0 Å². The molecule has 3 atom stereocenters. The van der Waals surface area contributed by atoms with E-state index in [-0.39, 0.29) is 52.5 Å². The average Bonchev–Trinajstić information content (AvgIpc) is 3.78. The van der Waals surface area contributed by atoms with Crippen LogP contribution in [-0.2, 0) is 51.5 Å². The Morgan fingerprint density at radius 3 is 1.94 bits per heavy atom. The number of benzene rings is 5. The van der Waals surface area contributed by atoms with Crippen molar-refractivity contribution in [2.45, 2.75) is 64.3 Å². The highest BCUT2D eigenvalue weighted by Gasteiger charge is 2.38. The zero-order valence-corrected chi connectivity index (χ0v) is 37.6. The van der Waals surface area contributed by atoms with Crippen molar-refractivity contribution in [2.75, 3.05) is 42.1 Å². The molecule has 0 fully saturated rings. The van der Waals surface area contributed by atoms with E-state index in [1.54, 1.807) is 24.1 Å². The summed E-state index contributed by atoms with van der Waals surface area (Å²) in [5.41, 5.74) is 8.58. The van der Waals surface area contributed by atoms with E-state index in [0.29, 0.717) is 84.3 Å². The standard InChI is InChI=1S/C50H49N5O7S2/c1-31-18-39-41(52-27-36-22-34-10-4-6-12-43(34)54(36)49(39)57)25-45(31)61-29-32-19-33(21-38(20-32)60-16-9-8-14-48(56)51-15-17-64(3)63)30-62-47-26-42-40(24-46(47)59-2)50(58)55-37(28-53-42)23-35-11-5-7-13-44(35)55/h4-7,10-13,18-21,24-28,36-37H,8-9,14-17,22-23,29-30H2,1-3H3,(H,51,56)/t36-,37-,64?/m0/s1. The minimum absolute atomic E-state index is 0.0156. The van der Waals surface area contributed by atoms with E-state index in [1.807, 2.05) is 103 Å². The van der Waals surface area contributed by atoms with Crippen LogP contribution in [0.3, 0.4) is 0 Å². The molecule has 64 heavy (non-hydrogen) atoms. The predicted octanol–water partition coefficient (Wildman–Crippen LogP) is 8.11. The monoisotopic (exact) mass is 895 g/mol. The summed E-state index contributed by atoms with van der Waals surface area (Å²) in [6.07, 6.45) is 8.88. The Kier molecular flexibility index (Phi) is 12.6. The fourth-order valence-electron chi connectivity index (χ4n) is 8.69. The Morgan fingerprint density at radius 2 is 1.33 bits per heavy atom. The number of rotatable bonds is 16. The second-order valence-corrected chi connectivity index (χ2v) is 19.6. The van der Waals surface area contributed by atoms with Crippen molar-refractivity contribution in [3.63, 3.8) is 0 Å². The number of hydrogen-bond acceptors (Lipinski definition) is 10. The number of hydrogen-bond donors (Lipinski definition) is 1. The number of carbonyl (C=O) groups excluding carboxylic acids is 3. The van der Waals surface area contributed by atoms with Crippen LogP contribution in [0.4, 0.5) is 22.7 Å². The highest BCUT2D eigenvalue weighted by Crippen LogP contribution is 2.42. The molecule has 0 aliphatic carbocycles. The van der Waals surface area contributed by atoms with E-state index in [0.717, 1.165) is 51.4 Å². The van der Waals surface area contributed by atoms with Gasteiger partial charge in [0.25, 0.3) is 11.8 Å². The normalized spacial score (nSPS) is 17.0. The van der Waals surface area contributed by atoms with Crippen LogP contribution in [0.1, 0.15) is 67.8 Å². The molecule has 1 unspecified atom stereocenters. The van der Waals surface area contributed by atoms with E-state index >= 15 is 0 Å². The fourth-order valence-corrected chi connectivity index (χ4v) is 9.33. The highest BCUT2D eigenvalue weighted by atomic mass is 32.8. The Balaban J connectivity index is 0.921. The number of unbranched alkanes of at least 4 members (excludes halogenated alkanes) is 1. The average molecular weight is 896 g/mol. The number of nitrogens with one attached hydrogen (secondary N) is 1. The van der Waals surface area contributed by atoms with Crippen LogP contribution in [0, 0.1) is 6.92 Å². The van der Waals surface area contributed by atoms with Crippen LogP contribution >= 0.6 is 0 Å². The SMILES string of the molecule is COc1cc2c(cc1OCc1cc(COc3cc4c(cc3C)C(=O)N3c5ccccc5C[C@H]3C=N4)cc(OCCCCC(=O)NCCS(C)=S)c1)N=C[C@@H]1Cc3ccccc3N1C2=O. The third-order valence-electron chi connectivity index (χ3n) is 11.9. The number of aliphatic imine (C=N–C) groups is 2. The van der Waals surface area contributed by atoms with E-state index in [4.69, 9.17) is 40.1 Å². The molecule has 3 amide bonds. The molecule has 5 aromatic rings. The van der Waals surface area contributed by atoms with Gasteiger partial charge in [-0.2, -0.15) is 0 Å². The maximum atomic E-state index is 14.0. The van der Waals surface area contributed by atoms with Crippen LogP contribution in [0.2, 0.25) is 0 Å². The highest BCUT2D eigenvalue weighted by molar-refractivity contribution is 8.28. The number of ether oxygens (including phenoxy) is 4. The van der Waals surface area contributed by atoms with Crippen LogP contribution in [0.5, 0.6) is 23.0 Å². The maximum absolute atomic E-state index is 14.0. The lowest BCUT2D eigenvalue weighted by molar-refractivity contribution is -0.121. The molecule has 4 aliphatic rings. The van der Waals surface area contributed by atoms with Crippen molar-refractivity contribution >= 4 is 73.5 Å². The van der Waals surface area contributed by atoms with E-state index in [2.05, 4.69) is 11.4 Å². The van der Waals surface area contributed by atoms with Gasteiger partial charge in [-0.05, 0) is 96.3 Å². The summed E-state index contributed by atoms with van der Waals surface area (Å²) in [6, 6.07) is 28.6. The van der Waals surface area contributed by atoms with Gasteiger partial charge in [0.05, 0.1) is 48.3 Å². The minimum atomic E-state index is -0.180. The van der Waals surface area contributed by atoms with Crippen LogP contribution < -0.4 is 34.1 Å². The first-order chi connectivity index (χ1) is 31.1. The predicted molar refractivity (Wildman–Crippen MR) is 255 cm³/mol. The maximum Gasteiger partial charge on any atom is 0.261 e. The zero-order valence-electron chi connectivity index (χ0n) is 36.0. The lowest BCUT2D eigenvalue weighted by Crippen LogP contribution is -2.37. The molecule has 0 bridgehead atoms. The molecule has 0 spiro atoms. The zero-order chi connectivity index (χ0) is 44.3. The summed E-state index contributed by atoms with van der Waals surface area (Å²) < 4.78 is 24.9. The summed E-state index contributed by atoms with van der Waals surface area (Å²) in [4.78, 5) is 53.4. The van der Waals surface area contributed by atoms with Crippen molar-refractivity contribution in [2.24, 2.45) is 9.98 Å². The molecule has 328 valence electrons. The van der Waals surface area contributed by atoms with Gasteiger partial charge in [0.2, 0.25) is 5.91 Å². The smallest absolute Gasteiger partial charge is 0.261 e. The van der Waals surface area contributed by atoms with Crippen molar-refractivity contribution in [1.29, 1.82) is 0 Å². The molecule has 9 rings (SSSR count). The number of amides is 3. The second kappa shape index (κ2) is 18.8. The molecule has 1 N–H and O–H groups in total.